The van der Waals surface area contributed by atoms with Gasteiger partial charge in [-0.05, 0) is 47.0 Å². The van der Waals surface area contributed by atoms with Crippen LogP contribution >= 0.6 is 0 Å². The first-order chi connectivity index (χ1) is 16.8. The molecule has 0 fully saturated rings. The van der Waals surface area contributed by atoms with Crippen molar-refractivity contribution in [3.8, 4) is 17.2 Å². The maximum absolute atomic E-state index is 12.9. The number of para-hydroxylation sites is 1. The van der Waals surface area contributed by atoms with Crippen LogP contribution in [0, 0.1) is 0 Å². The molecule has 0 aromatic heterocycles. The number of hydrogen-bond acceptors (Lipinski definition) is 4. The molecular weight excluding hydrogens is 424 g/mol. The summed E-state index contributed by atoms with van der Waals surface area (Å²) in [5, 5.41) is 0. The van der Waals surface area contributed by atoms with E-state index in [2.05, 4.69) is 0 Å². The summed E-state index contributed by atoms with van der Waals surface area (Å²) in [6.45, 7) is 1.09. The van der Waals surface area contributed by atoms with Gasteiger partial charge in [0.05, 0.1) is 5.56 Å². The quantitative estimate of drug-likeness (QED) is 0.303. The first-order valence-electron chi connectivity index (χ1n) is 11.2. The molecule has 34 heavy (non-hydrogen) atoms. The average molecular weight is 449 g/mol. The Hall–Kier alpha value is -4.31. The van der Waals surface area contributed by atoms with Crippen LogP contribution in [-0.4, -0.2) is 12.4 Å². The molecule has 0 saturated heterocycles. The van der Waals surface area contributed by atoms with Gasteiger partial charge in [-0.25, -0.2) is 0 Å². The minimum Gasteiger partial charge on any atom is -0.488 e. The van der Waals surface area contributed by atoms with Crippen molar-refractivity contribution in [1.29, 1.82) is 0 Å². The summed E-state index contributed by atoms with van der Waals surface area (Å²) in [5.74, 6) is 1.89. The molecule has 0 unspecified atom stereocenters. The van der Waals surface area contributed by atoms with Crippen LogP contribution in [0.3, 0.4) is 0 Å². The van der Waals surface area contributed by atoms with Crippen molar-refractivity contribution >= 4 is 11.9 Å². The second kappa shape index (κ2) is 10.1. The standard InChI is InChI=1S/C30H24O4/c31-30-25(21-34-27-14-8-7-13-26(27)30)17-24-15-16-28(32-19-22-9-3-1-4-10-22)29(18-24)33-20-23-11-5-2-6-12-23/h1-18H,19-21H2. The van der Waals surface area contributed by atoms with E-state index in [-0.39, 0.29) is 12.4 Å². The molecule has 0 amide bonds. The molecule has 1 aliphatic rings. The van der Waals surface area contributed by atoms with Gasteiger partial charge in [-0.15, -0.1) is 0 Å². The Bertz CT molecular complexity index is 1310. The summed E-state index contributed by atoms with van der Waals surface area (Å²) in [7, 11) is 0. The maximum atomic E-state index is 12.9. The molecule has 0 N–H and O–H groups in total. The van der Waals surface area contributed by atoms with Crippen molar-refractivity contribution in [2.45, 2.75) is 13.2 Å². The van der Waals surface area contributed by atoms with Crippen LogP contribution in [-0.2, 0) is 13.2 Å². The number of Topliss-reactive ketones (excluding diaryl/α,β-unsaturated/α-hetero) is 1. The molecule has 4 aromatic rings. The van der Waals surface area contributed by atoms with Gasteiger partial charge in [0.25, 0.3) is 0 Å². The van der Waals surface area contributed by atoms with Gasteiger partial charge in [0, 0.05) is 5.57 Å². The van der Waals surface area contributed by atoms with Crippen LogP contribution in [0.15, 0.2) is 109 Å². The van der Waals surface area contributed by atoms with Crippen molar-refractivity contribution in [3.63, 3.8) is 0 Å². The van der Waals surface area contributed by atoms with Crippen LogP contribution in [0.4, 0.5) is 0 Å². The molecule has 4 nitrogen and oxygen atoms in total. The lowest BCUT2D eigenvalue weighted by Gasteiger charge is -2.19. The zero-order valence-electron chi connectivity index (χ0n) is 18.6. The van der Waals surface area contributed by atoms with Crippen LogP contribution in [0.5, 0.6) is 17.2 Å². The molecule has 4 aromatic carbocycles. The van der Waals surface area contributed by atoms with Gasteiger partial charge in [-0.3, -0.25) is 4.79 Å². The molecule has 0 radical (unpaired) electrons. The van der Waals surface area contributed by atoms with Crippen LogP contribution < -0.4 is 14.2 Å². The summed E-state index contributed by atoms with van der Waals surface area (Å²) in [6.07, 6.45) is 1.86. The number of fused-ring (bicyclic) bond motifs is 1. The Morgan fingerprint density at radius 2 is 1.32 bits per heavy atom. The third-order valence-electron chi connectivity index (χ3n) is 5.59. The zero-order chi connectivity index (χ0) is 23.2. The maximum Gasteiger partial charge on any atom is 0.196 e. The van der Waals surface area contributed by atoms with Crippen molar-refractivity contribution in [2.75, 3.05) is 6.61 Å². The van der Waals surface area contributed by atoms with Gasteiger partial charge in [-0.1, -0.05) is 78.9 Å². The lowest BCUT2D eigenvalue weighted by atomic mass is 9.98. The molecule has 5 rings (SSSR count). The van der Waals surface area contributed by atoms with Crippen molar-refractivity contribution in [2.24, 2.45) is 0 Å². The second-order valence-corrected chi connectivity index (χ2v) is 8.04. The minimum absolute atomic E-state index is 0.0157. The summed E-state index contributed by atoms with van der Waals surface area (Å²) in [5.41, 5.74) is 4.18. The predicted octanol–water partition coefficient (Wildman–Crippen LogP) is 6.50. The highest BCUT2D eigenvalue weighted by molar-refractivity contribution is 6.14. The van der Waals surface area contributed by atoms with E-state index in [0.29, 0.717) is 41.6 Å². The predicted molar refractivity (Wildman–Crippen MR) is 132 cm³/mol. The van der Waals surface area contributed by atoms with Crippen LogP contribution in [0.1, 0.15) is 27.0 Å². The molecule has 0 saturated carbocycles. The SMILES string of the molecule is O=C1C(=Cc2ccc(OCc3ccccc3)c(OCc3ccccc3)c2)COc2ccccc21. The largest absolute Gasteiger partial charge is 0.488 e. The van der Waals surface area contributed by atoms with E-state index < -0.39 is 0 Å². The monoisotopic (exact) mass is 448 g/mol. The van der Waals surface area contributed by atoms with Crippen LogP contribution in [0.2, 0.25) is 0 Å². The fraction of sp³-hybridized carbons (Fsp3) is 0.100. The second-order valence-electron chi connectivity index (χ2n) is 8.04. The third kappa shape index (κ3) is 5.02. The minimum atomic E-state index is -0.0157. The fourth-order valence-electron chi connectivity index (χ4n) is 3.80. The average Bonchev–Trinajstić information content (AvgIpc) is 2.90. The number of hydrogen-bond donors (Lipinski definition) is 0. The van der Waals surface area contributed by atoms with E-state index in [0.717, 1.165) is 16.7 Å². The Balaban J connectivity index is 1.40. The van der Waals surface area contributed by atoms with Crippen LogP contribution in [0.25, 0.3) is 6.08 Å². The van der Waals surface area contributed by atoms with Gasteiger partial charge >= 0.3 is 0 Å². The summed E-state index contributed by atoms with van der Waals surface area (Å²) >= 11 is 0. The number of ether oxygens (including phenoxy) is 3. The van der Waals surface area contributed by atoms with Gasteiger partial charge < -0.3 is 14.2 Å². The summed E-state index contributed by atoms with van der Waals surface area (Å²) in [4.78, 5) is 12.9. The first-order valence-corrected chi connectivity index (χ1v) is 11.2. The highest BCUT2D eigenvalue weighted by atomic mass is 16.5. The molecule has 1 heterocycles. The Morgan fingerprint density at radius 1 is 0.706 bits per heavy atom. The number of rotatable bonds is 7. The fourth-order valence-corrected chi connectivity index (χ4v) is 3.80. The Kier molecular flexibility index (Phi) is 6.39. The molecule has 0 spiro atoms. The number of carbonyl (C=O) groups is 1. The lowest BCUT2D eigenvalue weighted by Crippen LogP contribution is -2.18. The highest BCUT2D eigenvalue weighted by Gasteiger charge is 2.22. The number of ketones is 1. The molecule has 4 heteroatoms. The van der Waals surface area contributed by atoms with E-state index in [1.165, 1.54) is 0 Å². The zero-order valence-corrected chi connectivity index (χ0v) is 18.6. The van der Waals surface area contributed by atoms with Crippen molar-refractivity contribution in [1.82, 2.24) is 0 Å². The van der Waals surface area contributed by atoms with E-state index in [9.17, 15) is 4.79 Å². The van der Waals surface area contributed by atoms with E-state index in [1.807, 2.05) is 103 Å². The van der Waals surface area contributed by atoms with E-state index in [4.69, 9.17) is 14.2 Å². The van der Waals surface area contributed by atoms with Gasteiger partial charge in [0.1, 0.15) is 25.6 Å². The Labute approximate surface area is 199 Å². The van der Waals surface area contributed by atoms with Crippen molar-refractivity contribution in [3.05, 3.63) is 131 Å². The van der Waals surface area contributed by atoms with Gasteiger partial charge in [-0.2, -0.15) is 0 Å². The molecular formula is C30H24O4. The number of carbonyl (C=O) groups excluding carboxylic acids is 1. The normalized spacial score (nSPS) is 13.8. The topological polar surface area (TPSA) is 44.8 Å². The molecule has 168 valence electrons. The molecule has 0 atom stereocenters. The summed E-state index contributed by atoms with van der Waals surface area (Å²) < 4.78 is 18.0. The van der Waals surface area contributed by atoms with E-state index >= 15 is 0 Å². The smallest absolute Gasteiger partial charge is 0.196 e. The first kappa shape index (κ1) is 21.5. The summed E-state index contributed by atoms with van der Waals surface area (Å²) in [6, 6.07) is 33.0. The van der Waals surface area contributed by atoms with E-state index in [1.54, 1.807) is 6.07 Å². The Morgan fingerprint density at radius 3 is 2.03 bits per heavy atom. The number of benzene rings is 4. The molecule has 1 aliphatic heterocycles. The van der Waals surface area contributed by atoms with Gasteiger partial charge in [0.15, 0.2) is 17.3 Å². The highest BCUT2D eigenvalue weighted by Crippen LogP contribution is 2.32. The van der Waals surface area contributed by atoms with Gasteiger partial charge in [0.2, 0.25) is 0 Å². The van der Waals surface area contributed by atoms with Crippen molar-refractivity contribution < 1.29 is 19.0 Å². The molecule has 0 bridgehead atoms. The third-order valence-corrected chi connectivity index (χ3v) is 5.59. The lowest BCUT2D eigenvalue weighted by molar-refractivity contribution is 0.100. The molecule has 0 aliphatic carbocycles.